The van der Waals surface area contributed by atoms with E-state index < -0.39 is 4.92 Å². The largest absolute Gasteiger partial charge is 0.369 e. The summed E-state index contributed by atoms with van der Waals surface area (Å²) in [4.78, 5) is 23.2. The van der Waals surface area contributed by atoms with E-state index in [0.29, 0.717) is 16.8 Å². The average molecular weight is 330 g/mol. The Balaban J connectivity index is 2.21. The number of halogens is 1. The molecule has 0 aliphatic heterocycles. The van der Waals surface area contributed by atoms with Gasteiger partial charge >= 0.3 is 0 Å². The number of nitro groups is 1. The molecule has 0 radical (unpaired) electrons. The summed E-state index contributed by atoms with van der Waals surface area (Å²) in [6.45, 7) is 0.527. The Morgan fingerprint density at radius 2 is 2.38 bits per heavy atom. The molecule has 1 aliphatic carbocycles. The minimum atomic E-state index is -0.475. The molecular formula is C12H16ClN5O2S. The summed E-state index contributed by atoms with van der Waals surface area (Å²) >= 11 is 7.21. The summed E-state index contributed by atoms with van der Waals surface area (Å²) in [5.74, 6) is 0.348. The fraction of sp³-hybridized carbons (Fsp3) is 0.500. The van der Waals surface area contributed by atoms with Gasteiger partial charge in [0, 0.05) is 31.2 Å². The van der Waals surface area contributed by atoms with Crippen LogP contribution < -0.4 is 0 Å². The van der Waals surface area contributed by atoms with Crippen molar-refractivity contribution >= 4 is 29.3 Å². The van der Waals surface area contributed by atoms with Gasteiger partial charge in [-0.15, -0.1) is 11.3 Å². The molecule has 0 amide bonds. The maximum absolute atomic E-state index is 10.8. The van der Waals surface area contributed by atoms with E-state index in [9.17, 15) is 10.1 Å². The highest BCUT2D eigenvalue weighted by atomic mass is 35.5. The summed E-state index contributed by atoms with van der Waals surface area (Å²) in [7, 11) is 3.63. The lowest BCUT2D eigenvalue weighted by Crippen LogP contribution is -2.25. The minimum absolute atomic E-state index is 0.288. The summed E-state index contributed by atoms with van der Waals surface area (Å²) in [6.07, 6.45) is 6.23. The van der Waals surface area contributed by atoms with Crippen LogP contribution in [-0.2, 0) is 6.54 Å². The average Bonchev–Trinajstić information content (AvgIpc) is 3.15. The zero-order valence-corrected chi connectivity index (χ0v) is 13.3. The third-order valence-corrected chi connectivity index (χ3v) is 3.87. The Morgan fingerprint density at radius 3 is 2.86 bits per heavy atom. The Morgan fingerprint density at radius 1 is 1.67 bits per heavy atom. The van der Waals surface area contributed by atoms with Crippen LogP contribution in [0.3, 0.4) is 0 Å². The quantitative estimate of drug-likeness (QED) is 0.332. The lowest BCUT2D eigenvalue weighted by atomic mass is 10.4. The Kier molecular flexibility index (Phi) is 5.13. The Bertz CT molecular complexity index is 568. The number of aromatic nitrogens is 1. The van der Waals surface area contributed by atoms with Crippen LogP contribution in [0.5, 0.6) is 0 Å². The van der Waals surface area contributed by atoms with Crippen molar-refractivity contribution in [3.63, 3.8) is 0 Å². The minimum Gasteiger partial charge on any atom is -0.369 e. The number of hydrogen-bond donors (Lipinski definition) is 0. The molecule has 7 nitrogen and oxygen atoms in total. The molecule has 1 aromatic rings. The van der Waals surface area contributed by atoms with Gasteiger partial charge in [0.05, 0.1) is 17.8 Å². The van der Waals surface area contributed by atoms with Gasteiger partial charge in [-0.05, 0) is 12.8 Å². The highest BCUT2D eigenvalue weighted by Crippen LogP contribution is 2.33. The predicted octanol–water partition coefficient (Wildman–Crippen LogP) is 2.43. The molecule has 1 fully saturated rings. The van der Waals surface area contributed by atoms with Gasteiger partial charge in [0.2, 0.25) is 5.82 Å². The van der Waals surface area contributed by atoms with E-state index in [1.807, 2.05) is 19.0 Å². The molecule has 0 atom stereocenters. The maximum Gasteiger partial charge on any atom is 0.276 e. The highest BCUT2D eigenvalue weighted by molar-refractivity contribution is 7.15. The number of nitrogens with zero attached hydrogens (tertiary/aromatic N) is 5. The number of rotatable bonds is 7. The third-order valence-electron chi connectivity index (χ3n) is 2.78. The first-order chi connectivity index (χ1) is 9.95. The fourth-order valence-electron chi connectivity index (χ4n) is 1.76. The van der Waals surface area contributed by atoms with Crippen molar-refractivity contribution in [2.45, 2.75) is 25.4 Å². The van der Waals surface area contributed by atoms with Gasteiger partial charge in [-0.1, -0.05) is 11.6 Å². The number of thiazole rings is 1. The molecule has 0 saturated heterocycles. The van der Waals surface area contributed by atoms with Crippen molar-refractivity contribution < 1.29 is 4.92 Å². The summed E-state index contributed by atoms with van der Waals surface area (Å²) in [5, 5.41) is 10.8. The molecule has 0 aromatic carbocycles. The first-order valence-electron chi connectivity index (χ1n) is 6.38. The Hall–Kier alpha value is -1.67. The number of aliphatic imine (C=N–C) groups is 1. The second kappa shape index (κ2) is 6.86. The molecular weight excluding hydrogens is 314 g/mol. The van der Waals surface area contributed by atoms with Crippen molar-refractivity contribution in [2.24, 2.45) is 4.99 Å². The zero-order chi connectivity index (χ0) is 15.4. The van der Waals surface area contributed by atoms with E-state index in [1.165, 1.54) is 11.3 Å². The second-order valence-electron chi connectivity index (χ2n) is 4.92. The van der Waals surface area contributed by atoms with Crippen molar-refractivity contribution in [2.75, 3.05) is 14.1 Å². The first-order valence-corrected chi connectivity index (χ1v) is 7.58. The van der Waals surface area contributed by atoms with Gasteiger partial charge in [0.15, 0.2) is 4.47 Å². The van der Waals surface area contributed by atoms with Crippen LogP contribution in [0.4, 0.5) is 0 Å². The lowest BCUT2D eigenvalue weighted by molar-refractivity contribution is -0.404. The maximum atomic E-state index is 10.8. The molecule has 21 heavy (non-hydrogen) atoms. The Labute approximate surface area is 131 Å². The van der Waals surface area contributed by atoms with E-state index in [4.69, 9.17) is 11.6 Å². The molecule has 0 unspecified atom stereocenters. The molecule has 9 heteroatoms. The van der Waals surface area contributed by atoms with E-state index in [2.05, 4.69) is 9.98 Å². The summed E-state index contributed by atoms with van der Waals surface area (Å²) in [5.41, 5.74) is 0. The van der Waals surface area contributed by atoms with Crippen molar-refractivity contribution in [3.8, 4) is 0 Å². The third kappa shape index (κ3) is 4.98. The predicted molar refractivity (Wildman–Crippen MR) is 82.9 cm³/mol. The number of hydrogen-bond acceptors (Lipinski definition) is 6. The molecule has 0 spiro atoms. The van der Waals surface area contributed by atoms with E-state index in [-0.39, 0.29) is 6.04 Å². The summed E-state index contributed by atoms with van der Waals surface area (Å²) in [6, 6.07) is 0.288. The van der Waals surface area contributed by atoms with Gasteiger partial charge in [-0.3, -0.25) is 10.1 Å². The van der Waals surface area contributed by atoms with Crippen molar-refractivity contribution in [1.82, 2.24) is 14.8 Å². The van der Waals surface area contributed by atoms with Crippen LogP contribution in [0.15, 0.2) is 23.2 Å². The normalized spacial score (nSPS) is 15.5. The molecule has 114 valence electrons. The standard InChI is InChI=1S/C12H16ClN5O2S/c1-16(2)8-15-11(7-18(19)20)17(9-3-4-9)6-10-5-14-12(13)21-10/h5,7-9H,3-4,6H2,1-2H3/b11-7+,15-8+. The topological polar surface area (TPSA) is 74.9 Å². The molecule has 2 rings (SSSR count). The lowest BCUT2D eigenvalue weighted by Gasteiger charge is -2.22. The van der Waals surface area contributed by atoms with Gasteiger partial charge < -0.3 is 9.80 Å². The van der Waals surface area contributed by atoms with Crippen LogP contribution in [0.25, 0.3) is 0 Å². The summed E-state index contributed by atoms with van der Waals surface area (Å²) < 4.78 is 0.470. The highest BCUT2D eigenvalue weighted by Gasteiger charge is 2.32. The fourth-order valence-corrected chi connectivity index (χ4v) is 2.74. The van der Waals surface area contributed by atoms with Gasteiger partial charge in [-0.2, -0.15) is 0 Å². The van der Waals surface area contributed by atoms with Crippen LogP contribution in [-0.4, -0.2) is 46.2 Å². The van der Waals surface area contributed by atoms with Crippen LogP contribution in [0.1, 0.15) is 17.7 Å². The molecule has 1 aliphatic rings. The molecule has 1 aromatic heterocycles. The van der Waals surface area contributed by atoms with Crippen LogP contribution in [0.2, 0.25) is 4.47 Å². The van der Waals surface area contributed by atoms with Gasteiger partial charge in [0.25, 0.3) is 6.20 Å². The van der Waals surface area contributed by atoms with E-state index >= 15 is 0 Å². The van der Waals surface area contributed by atoms with Gasteiger partial charge in [-0.25, -0.2) is 9.98 Å². The molecule has 0 N–H and O–H groups in total. The molecule has 1 heterocycles. The first kappa shape index (κ1) is 15.7. The van der Waals surface area contributed by atoms with E-state index in [1.54, 1.807) is 17.4 Å². The second-order valence-corrected chi connectivity index (χ2v) is 6.62. The molecule has 1 saturated carbocycles. The van der Waals surface area contributed by atoms with Crippen molar-refractivity contribution in [3.05, 3.63) is 37.7 Å². The monoisotopic (exact) mass is 329 g/mol. The smallest absolute Gasteiger partial charge is 0.276 e. The van der Waals surface area contributed by atoms with Gasteiger partial charge in [0.1, 0.15) is 0 Å². The van der Waals surface area contributed by atoms with Crippen molar-refractivity contribution in [1.29, 1.82) is 0 Å². The molecule has 0 bridgehead atoms. The van der Waals surface area contributed by atoms with Crippen LogP contribution in [0, 0.1) is 10.1 Å². The zero-order valence-electron chi connectivity index (χ0n) is 11.8. The van der Waals surface area contributed by atoms with E-state index in [0.717, 1.165) is 23.9 Å². The SMILES string of the molecule is CN(C)/C=N/C(=C\[N+](=O)[O-])N(Cc1cnc(Cl)s1)C1CC1. The van der Waals surface area contributed by atoms with Crippen LogP contribution >= 0.6 is 22.9 Å².